The van der Waals surface area contributed by atoms with Crippen LogP contribution in [0, 0.1) is 0 Å². The van der Waals surface area contributed by atoms with E-state index in [1.807, 2.05) is 12.1 Å². The molecule has 1 heterocycles. The van der Waals surface area contributed by atoms with Gasteiger partial charge in [0.1, 0.15) is 0 Å². The van der Waals surface area contributed by atoms with E-state index in [0.717, 1.165) is 4.90 Å². The molecule has 0 bridgehead atoms. The Labute approximate surface area is 102 Å². The first kappa shape index (κ1) is 11.4. The van der Waals surface area contributed by atoms with Crippen molar-refractivity contribution in [2.24, 2.45) is 10.9 Å². The fourth-order valence-electron chi connectivity index (χ4n) is 1.20. The van der Waals surface area contributed by atoms with Crippen LogP contribution in [0.3, 0.4) is 0 Å². The van der Waals surface area contributed by atoms with Gasteiger partial charge in [-0.25, -0.2) is 9.97 Å². The number of oxime groups is 1. The van der Waals surface area contributed by atoms with Crippen LogP contribution < -0.4 is 5.73 Å². The van der Waals surface area contributed by atoms with Crippen molar-refractivity contribution in [1.29, 1.82) is 0 Å². The summed E-state index contributed by atoms with van der Waals surface area (Å²) in [6.45, 7) is 0. The van der Waals surface area contributed by atoms with E-state index < -0.39 is 0 Å². The maximum absolute atomic E-state index is 8.53. The molecule has 0 atom stereocenters. The molecule has 2 aromatic rings. The van der Waals surface area contributed by atoms with Crippen LogP contribution >= 0.6 is 11.8 Å². The maximum atomic E-state index is 8.53. The molecule has 0 amide bonds. The van der Waals surface area contributed by atoms with Crippen LogP contribution in [-0.2, 0) is 0 Å². The highest BCUT2D eigenvalue weighted by molar-refractivity contribution is 7.99. The summed E-state index contributed by atoms with van der Waals surface area (Å²) in [5, 5.41) is 12.2. The summed E-state index contributed by atoms with van der Waals surface area (Å²) in [6, 6.07) is 9.06. The third-order valence-electron chi connectivity index (χ3n) is 2.01. The molecular weight excluding hydrogens is 236 g/mol. The van der Waals surface area contributed by atoms with Gasteiger partial charge < -0.3 is 10.9 Å². The monoisotopic (exact) mass is 246 g/mol. The predicted octanol–water partition coefficient (Wildman–Crippen LogP) is 1.72. The van der Waals surface area contributed by atoms with Gasteiger partial charge in [-0.1, -0.05) is 17.3 Å². The van der Waals surface area contributed by atoms with E-state index >= 15 is 0 Å². The Bertz CT molecular complexity index is 513. The zero-order chi connectivity index (χ0) is 12.1. The molecule has 0 aliphatic rings. The topological polar surface area (TPSA) is 84.4 Å². The van der Waals surface area contributed by atoms with Gasteiger partial charge in [0.25, 0.3) is 0 Å². The second-order valence-electron chi connectivity index (χ2n) is 3.14. The molecule has 2 rings (SSSR count). The molecule has 1 aromatic carbocycles. The lowest BCUT2D eigenvalue weighted by Crippen LogP contribution is -2.12. The van der Waals surface area contributed by atoms with Gasteiger partial charge >= 0.3 is 0 Å². The number of benzene rings is 1. The highest BCUT2D eigenvalue weighted by atomic mass is 32.2. The van der Waals surface area contributed by atoms with Crippen LogP contribution in [0.15, 0.2) is 57.9 Å². The van der Waals surface area contributed by atoms with E-state index in [1.54, 1.807) is 30.6 Å². The number of rotatable bonds is 3. The lowest BCUT2D eigenvalue weighted by atomic mass is 10.2. The van der Waals surface area contributed by atoms with Crippen molar-refractivity contribution in [3.8, 4) is 0 Å². The summed E-state index contributed by atoms with van der Waals surface area (Å²) in [6.07, 6.45) is 3.39. The van der Waals surface area contributed by atoms with Crippen LogP contribution in [0.1, 0.15) is 5.56 Å². The lowest BCUT2D eigenvalue weighted by Gasteiger charge is -2.01. The normalized spacial score (nSPS) is 11.4. The van der Waals surface area contributed by atoms with E-state index in [0.29, 0.717) is 10.7 Å². The van der Waals surface area contributed by atoms with E-state index in [4.69, 9.17) is 10.9 Å². The minimum atomic E-state index is 0.0949. The van der Waals surface area contributed by atoms with Gasteiger partial charge in [-0.05, 0) is 30.0 Å². The molecule has 0 saturated heterocycles. The third kappa shape index (κ3) is 2.94. The Morgan fingerprint density at radius 3 is 2.41 bits per heavy atom. The number of hydrogen-bond acceptors (Lipinski definition) is 5. The van der Waals surface area contributed by atoms with E-state index in [1.165, 1.54) is 11.8 Å². The summed E-state index contributed by atoms with van der Waals surface area (Å²) in [7, 11) is 0. The first-order chi connectivity index (χ1) is 8.29. The molecule has 1 aromatic heterocycles. The smallest absolute Gasteiger partial charge is 0.192 e. The number of hydrogen-bond donors (Lipinski definition) is 2. The Morgan fingerprint density at radius 2 is 1.82 bits per heavy atom. The number of nitrogens with zero attached hydrogens (tertiary/aromatic N) is 3. The SMILES string of the molecule is N/C(=N\O)c1ccc(Sc2ncccn2)cc1. The fourth-order valence-corrected chi connectivity index (χ4v) is 1.91. The van der Waals surface area contributed by atoms with Gasteiger partial charge in [-0.3, -0.25) is 0 Å². The van der Waals surface area contributed by atoms with Crippen molar-refractivity contribution in [1.82, 2.24) is 9.97 Å². The largest absolute Gasteiger partial charge is 0.409 e. The molecule has 0 aliphatic heterocycles. The van der Waals surface area contributed by atoms with Crippen LogP contribution in [0.25, 0.3) is 0 Å². The molecule has 0 saturated carbocycles. The van der Waals surface area contributed by atoms with Crippen LogP contribution in [0.5, 0.6) is 0 Å². The summed E-state index contributed by atoms with van der Waals surface area (Å²) < 4.78 is 0. The lowest BCUT2D eigenvalue weighted by molar-refractivity contribution is 0.318. The quantitative estimate of drug-likeness (QED) is 0.283. The van der Waals surface area contributed by atoms with E-state index in [-0.39, 0.29) is 5.84 Å². The molecule has 6 heteroatoms. The average Bonchev–Trinajstić information content (AvgIpc) is 2.40. The summed E-state index contributed by atoms with van der Waals surface area (Å²) in [5.74, 6) is 0.0949. The third-order valence-corrected chi connectivity index (χ3v) is 2.91. The van der Waals surface area contributed by atoms with Crippen LogP contribution in [-0.4, -0.2) is 21.0 Å². The first-order valence-electron chi connectivity index (χ1n) is 4.82. The van der Waals surface area contributed by atoms with E-state index in [9.17, 15) is 0 Å². The summed E-state index contributed by atoms with van der Waals surface area (Å²) in [5.41, 5.74) is 6.14. The first-order valence-corrected chi connectivity index (χ1v) is 5.64. The molecule has 0 spiro atoms. The Morgan fingerprint density at radius 1 is 1.18 bits per heavy atom. The minimum absolute atomic E-state index is 0.0949. The standard InChI is InChI=1S/C11H10N4OS/c12-10(15-16)8-2-4-9(5-3-8)17-11-13-6-1-7-14-11/h1-7,16H,(H2,12,15). The second kappa shape index (κ2) is 5.31. The summed E-state index contributed by atoms with van der Waals surface area (Å²) in [4.78, 5) is 9.21. The molecular formula is C11H10N4OS. The molecule has 86 valence electrons. The minimum Gasteiger partial charge on any atom is -0.409 e. The maximum Gasteiger partial charge on any atom is 0.192 e. The number of aromatic nitrogens is 2. The molecule has 0 unspecified atom stereocenters. The molecule has 0 aliphatic carbocycles. The van der Waals surface area contributed by atoms with Gasteiger partial charge in [0.05, 0.1) is 0 Å². The Kier molecular flexibility index (Phi) is 3.56. The predicted molar refractivity (Wildman–Crippen MR) is 65.1 cm³/mol. The van der Waals surface area contributed by atoms with E-state index in [2.05, 4.69) is 15.1 Å². The van der Waals surface area contributed by atoms with Gasteiger partial charge in [-0.2, -0.15) is 0 Å². The molecule has 0 fully saturated rings. The fraction of sp³-hybridized carbons (Fsp3) is 0. The zero-order valence-electron chi connectivity index (χ0n) is 8.82. The molecule has 3 N–H and O–H groups in total. The highest BCUT2D eigenvalue weighted by Gasteiger charge is 2.01. The summed E-state index contributed by atoms with van der Waals surface area (Å²) >= 11 is 1.45. The van der Waals surface area contributed by atoms with Crippen molar-refractivity contribution in [2.45, 2.75) is 10.1 Å². The molecule has 5 nitrogen and oxygen atoms in total. The van der Waals surface area contributed by atoms with Gasteiger partial charge in [0.15, 0.2) is 11.0 Å². The van der Waals surface area contributed by atoms with Gasteiger partial charge in [-0.15, -0.1) is 0 Å². The zero-order valence-corrected chi connectivity index (χ0v) is 9.63. The van der Waals surface area contributed by atoms with Crippen LogP contribution in [0.2, 0.25) is 0 Å². The second-order valence-corrected chi connectivity index (χ2v) is 4.18. The van der Waals surface area contributed by atoms with Crippen molar-refractivity contribution in [3.63, 3.8) is 0 Å². The Hall–Kier alpha value is -2.08. The number of amidine groups is 1. The van der Waals surface area contributed by atoms with Crippen molar-refractivity contribution >= 4 is 17.6 Å². The van der Waals surface area contributed by atoms with Gasteiger partial charge in [0, 0.05) is 22.9 Å². The van der Waals surface area contributed by atoms with Gasteiger partial charge in [0.2, 0.25) is 0 Å². The Balaban J connectivity index is 2.14. The highest BCUT2D eigenvalue weighted by Crippen LogP contribution is 2.23. The van der Waals surface area contributed by atoms with Crippen molar-refractivity contribution in [3.05, 3.63) is 48.3 Å². The average molecular weight is 246 g/mol. The molecule has 17 heavy (non-hydrogen) atoms. The van der Waals surface area contributed by atoms with Crippen molar-refractivity contribution in [2.75, 3.05) is 0 Å². The molecule has 0 radical (unpaired) electrons. The van der Waals surface area contributed by atoms with Crippen molar-refractivity contribution < 1.29 is 5.21 Å². The number of nitrogens with two attached hydrogens (primary N) is 1. The van der Waals surface area contributed by atoms with Crippen LogP contribution in [0.4, 0.5) is 0 Å².